The van der Waals surface area contributed by atoms with Crippen molar-refractivity contribution >= 4 is 28.6 Å². The summed E-state index contributed by atoms with van der Waals surface area (Å²) in [6, 6.07) is 14.1. The van der Waals surface area contributed by atoms with Gasteiger partial charge in [-0.3, -0.25) is 4.79 Å². The van der Waals surface area contributed by atoms with Gasteiger partial charge in [-0.05, 0) is 36.4 Å². The minimum Gasteiger partial charge on any atom is -0.493 e. The van der Waals surface area contributed by atoms with Crippen molar-refractivity contribution in [3.63, 3.8) is 0 Å². The van der Waals surface area contributed by atoms with Crippen LogP contribution in [-0.2, 0) is 24.7 Å². The number of aromatic nitrogens is 1. The Hall–Kier alpha value is -2.60. The molecule has 2 aromatic carbocycles. The first kappa shape index (κ1) is 20.1. The Labute approximate surface area is 170 Å². The first-order valence-electron chi connectivity index (χ1n) is 9.17. The van der Waals surface area contributed by atoms with Crippen molar-refractivity contribution in [3.8, 4) is 11.5 Å². The van der Waals surface area contributed by atoms with Gasteiger partial charge < -0.3 is 19.4 Å². The molecule has 1 N–H and O–H groups in total. The molecule has 1 aromatic heterocycles. The Morgan fingerprint density at radius 2 is 1.86 bits per heavy atom. The van der Waals surface area contributed by atoms with Crippen LogP contribution in [0.2, 0.25) is 0 Å². The van der Waals surface area contributed by atoms with Gasteiger partial charge in [0.1, 0.15) is 0 Å². The quantitative estimate of drug-likeness (QED) is 0.586. The number of para-hydroxylation sites is 1. The number of benzene rings is 2. The number of aryl methyl sites for hydroxylation is 1. The van der Waals surface area contributed by atoms with Crippen molar-refractivity contribution in [3.05, 3.63) is 53.7 Å². The molecular formula is C22H26N2O3S. The third-order valence-electron chi connectivity index (χ3n) is 4.89. The van der Waals surface area contributed by atoms with Gasteiger partial charge in [0.15, 0.2) is 11.5 Å². The van der Waals surface area contributed by atoms with Crippen LogP contribution in [0.5, 0.6) is 11.5 Å². The van der Waals surface area contributed by atoms with Crippen molar-refractivity contribution in [2.75, 3.05) is 27.0 Å². The normalized spacial score (nSPS) is 10.9. The van der Waals surface area contributed by atoms with Gasteiger partial charge in [0.05, 0.1) is 20.6 Å². The summed E-state index contributed by atoms with van der Waals surface area (Å²) in [6.07, 6.45) is 3.16. The zero-order valence-corrected chi connectivity index (χ0v) is 17.6. The van der Waals surface area contributed by atoms with Crippen LogP contribution in [0.25, 0.3) is 10.9 Å². The van der Waals surface area contributed by atoms with Gasteiger partial charge in [-0.2, -0.15) is 0 Å². The molecule has 148 valence electrons. The molecule has 0 fully saturated rings. The molecule has 0 aliphatic rings. The molecule has 3 rings (SSSR count). The zero-order valence-electron chi connectivity index (χ0n) is 16.7. The number of thioether (sulfide) groups is 1. The van der Waals surface area contributed by atoms with E-state index in [2.05, 4.69) is 28.3 Å². The summed E-state index contributed by atoms with van der Waals surface area (Å²) < 4.78 is 12.7. The summed E-state index contributed by atoms with van der Waals surface area (Å²) in [5.74, 6) is 1.43. The lowest BCUT2D eigenvalue weighted by molar-refractivity contribution is -0.120. The van der Waals surface area contributed by atoms with Crippen LogP contribution in [0.4, 0.5) is 0 Å². The maximum Gasteiger partial charge on any atom is 0.225 e. The number of carbonyl (C=O) groups excluding carboxylic acids is 1. The molecule has 0 atom stereocenters. The van der Waals surface area contributed by atoms with E-state index in [1.807, 2.05) is 37.4 Å². The molecule has 0 saturated carbocycles. The number of rotatable bonds is 8. The lowest BCUT2D eigenvalue weighted by Gasteiger charge is -2.11. The van der Waals surface area contributed by atoms with E-state index in [0.717, 1.165) is 23.2 Å². The molecule has 3 aromatic rings. The van der Waals surface area contributed by atoms with E-state index in [-0.39, 0.29) is 5.91 Å². The predicted molar refractivity (Wildman–Crippen MR) is 115 cm³/mol. The summed E-state index contributed by atoms with van der Waals surface area (Å²) >= 11 is 1.69. The van der Waals surface area contributed by atoms with Gasteiger partial charge in [0.2, 0.25) is 5.91 Å². The van der Waals surface area contributed by atoms with Gasteiger partial charge in [0, 0.05) is 35.1 Å². The van der Waals surface area contributed by atoms with E-state index in [4.69, 9.17) is 9.47 Å². The topological polar surface area (TPSA) is 52.5 Å². The molecule has 0 aliphatic heterocycles. The van der Waals surface area contributed by atoms with E-state index in [1.54, 1.807) is 26.0 Å². The SMILES string of the molecule is COc1ccc(CCNC(=O)Cc2c(SC)c3ccccc3n2C)cc1OC. The standard InChI is InChI=1S/C22H26N2O3S/c1-24-17-8-6-5-7-16(17)22(28-4)18(24)14-21(25)23-12-11-15-9-10-19(26-2)20(13-15)27-3/h5-10,13H,11-12,14H2,1-4H3,(H,23,25). The third-order valence-corrected chi connectivity index (χ3v) is 5.76. The fourth-order valence-corrected chi connectivity index (χ4v) is 4.27. The molecule has 0 spiro atoms. The van der Waals surface area contributed by atoms with Gasteiger partial charge in [-0.1, -0.05) is 24.3 Å². The number of methoxy groups -OCH3 is 2. The average molecular weight is 399 g/mol. The molecule has 0 bridgehead atoms. The Morgan fingerprint density at radius 3 is 2.57 bits per heavy atom. The van der Waals surface area contributed by atoms with E-state index in [1.165, 1.54) is 10.3 Å². The van der Waals surface area contributed by atoms with Gasteiger partial charge >= 0.3 is 0 Å². The maximum absolute atomic E-state index is 12.5. The molecular weight excluding hydrogens is 372 g/mol. The number of nitrogens with zero attached hydrogens (tertiary/aromatic N) is 1. The second-order valence-electron chi connectivity index (χ2n) is 6.52. The number of carbonyl (C=O) groups is 1. The van der Waals surface area contributed by atoms with Crippen molar-refractivity contribution in [2.45, 2.75) is 17.7 Å². The van der Waals surface area contributed by atoms with Crippen molar-refractivity contribution in [1.82, 2.24) is 9.88 Å². The molecule has 28 heavy (non-hydrogen) atoms. The van der Waals surface area contributed by atoms with Crippen LogP contribution in [0.15, 0.2) is 47.4 Å². The summed E-state index contributed by atoms with van der Waals surface area (Å²) in [7, 11) is 5.26. The van der Waals surface area contributed by atoms with Crippen molar-refractivity contribution in [2.24, 2.45) is 7.05 Å². The van der Waals surface area contributed by atoms with Gasteiger partial charge in [0.25, 0.3) is 0 Å². The first-order chi connectivity index (χ1) is 13.6. The largest absolute Gasteiger partial charge is 0.493 e. The fraction of sp³-hybridized carbons (Fsp3) is 0.318. The molecule has 5 nitrogen and oxygen atoms in total. The van der Waals surface area contributed by atoms with Crippen LogP contribution in [0.3, 0.4) is 0 Å². The molecule has 0 aliphatic carbocycles. The number of ether oxygens (including phenoxy) is 2. The third kappa shape index (κ3) is 4.12. The number of amides is 1. The first-order valence-corrected chi connectivity index (χ1v) is 10.4. The minimum atomic E-state index is 0.0293. The van der Waals surface area contributed by atoms with E-state index >= 15 is 0 Å². The number of fused-ring (bicyclic) bond motifs is 1. The summed E-state index contributed by atoms with van der Waals surface area (Å²) in [6.45, 7) is 0.576. The maximum atomic E-state index is 12.5. The van der Waals surface area contributed by atoms with Gasteiger partial charge in [-0.25, -0.2) is 0 Å². The highest BCUT2D eigenvalue weighted by Crippen LogP contribution is 2.32. The summed E-state index contributed by atoms with van der Waals surface area (Å²) in [5.41, 5.74) is 3.30. The monoisotopic (exact) mass is 398 g/mol. The van der Waals surface area contributed by atoms with E-state index in [0.29, 0.717) is 24.5 Å². The predicted octanol–water partition coefficient (Wildman–Crippen LogP) is 3.82. The Bertz CT molecular complexity index is 981. The molecule has 0 radical (unpaired) electrons. The highest BCUT2D eigenvalue weighted by Gasteiger charge is 2.16. The zero-order chi connectivity index (χ0) is 20.1. The number of nitrogens with one attached hydrogen (secondary N) is 1. The second kappa shape index (κ2) is 9.06. The molecule has 1 amide bonds. The van der Waals surface area contributed by atoms with Crippen molar-refractivity contribution in [1.29, 1.82) is 0 Å². The molecule has 6 heteroatoms. The van der Waals surface area contributed by atoms with E-state index in [9.17, 15) is 4.79 Å². The number of hydrogen-bond acceptors (Lipinski definition) is 4. The molecule has 0 saturated heterocycles. The van der Waals surface area contributed by atoms with Crippen LogP contribution in [0.1, 0.15) is 11.3 Å². The van der Waals surface area contributed by atoms with Gasteiger partial charge in [-0.15, -0.1) is 11.8 Å². The van der Waals surface area contributed by atoms with Crippen LogP contribution < -0.4 is 14.8 Å². The highest BCUT2D eigenvalue weighted by molar-refractivity contribution is 7.98. The highest BCUT2D eigenvalue weighted by atomic mass is 32.2. The minimum absolute atomic E-state index is 0.0293. The summed E-state index contributed by atoms with van der Waals surface area (Å²) in [4.78, 5) is 13.7. The average Bonchev–Trinajstić information content (AvgIpc) is 2.99. The smallest absolute Gasteiger partial charge is 0.225 e. The Balaban J connectivity index is 1.64. The van der Waals surface area contributed by atoms with Crippen LogP contribution >= 0.6 is 11.8 Å². The number of hydrogen-bond donors (Lipinski definition) is 1. The van der Waals surface area contributed by atoms with Crippen molar-refractivity contribution < 1.29 is 14.3 Å². The van der Waals surface area contributed by atoms with Crippen LogP contribution in [0, 0.1) is 0 Å². The Kier molecular flexibility index (Phi) is 6.52. The molecule has 0 unspecified atom stereocenters. The fourth-order valence-electron chi connectivity index (χ4n) is 3.43. The Morgan fingerprint density at radius 1 is 1.11 bits per heavy atom. The second-order valence-corrected chi connectivity index (χ2v) is 7.34. The summed E-state index contributed by atoms with van der Waals surface area (Å²) in [5, 5.41) is 4.23. The lowest BCUT2D eigenvalue weighted by atomic mass is 10.1. The van der Waals surface area contributed by atoms with E-state index < -0.39 is 0 Å². The van der Waals surface area contributed by atoms with Crippen LogP contribution in [-0.4, -0.2) is 37.5 Å². The molecule has 1 heterocycles. The lowest BCUT2D eigenvalue weighted by Crippen LogP contribution is -2.28.